The van der Waals surface area contributed by atoms with Crippen LogP contribution in [0.2, 0.25) is 0 Å². The molecule has 0 radical (unpaired) electrons. The Bertz CT molecular complexity index is 1520. The lowest BCUT2D eigenvalue weighted by Gasteiger charge is -2.28. The Morgan fingerprint density at radius 2 is 1.76 bits per heavy atom. The van der Waals surface area contributed by atoms with Gasteiger partial charge in [0, 0.05) is 26.7 Å². The average molecular weight is 509 g/mol. The van der Waals surface area contributed by atoms with Gasteiger partial charge in [-0.1, -0.05) is 12.1 Å². The quantitative estimate of drug-likeness (QED) is 0.458. The first-order chi connectivity index (χ1) is 17.9. The molecule has 1 aromatic carbocycles. The summed E-state index contributed by atoms with van der Waals surface area (Å²) >= 11 is 0. The topological polar surface area (TPSA) is 84.1 Å². The molecule has 2 aliphatic rings. The van der Waals surface area contributed by atoms with Crippen LogP contribution >= 0.6 is 0 Å². The Morgan fingerprint density at radius 1 is 1.08 bits per heavy atom. The van der Waals surface area contributed by atoms with E-state index in [4.69, 9.17) is 4.74 Å². The molecule has 4 aromatic rings. The van der Waals surface area contributed by atoms with E-state index < -0.39 is 17.2 Å². The van der Waals surface area contributed by atoms with Crippen molar-refractivity contribution in [3.8, 4) is 0 Å². The van der Waals surface area contributed by atoms with E-state index in [2.05, 4.69) is 22.2 Å². The van der Waals surface area contributed by atoms with Gasteiger partial charge in [-0.3, -0.25) is 14.0 Å². The third kappa shape index (κ3) is 4.55. The van der Waals surface area contributed by atoms with Crippen molar-refractivity contribution in [3.05, 3.63) is 51.9 Å². The van der Waals surface area contributed by atoms with Gasteiger partial charge in [0.05, 0.1) is 29.6 Å². The van der Waals surface area contributed by atoms with E-state index in [1.807, 2.05) is 29.2 Å². The van der Waals surface area contributed by atoms with Crippen LogP contribution in [0.25, 0.3) is 27.7 Å². The first-order valence-electron chi connectivity index (χ1n) is 12.8. The molecule has 5 heterocycles. The minimum atomic E-state index is -0.589. The van der Waals surface area contributed by atoms with Gasteiger partial charge in [-0.15, -0.1) is 0 Å². The fraction of sp³-hybridized carbons (Fsp3) is 0.444. The summed E-state index contributed by atoms with van der Waals surface area (Å²) in [7, 11) is 3.98. The van der Waals surface area contributed by atoms with Crippen LogP contribution in [0.15, 0.2) is 35.1 Å². The number of benzene rings is 1. The number of rotatable bonds is 3. The third-order valence-corrected chi connectivity index (χ3v) is 7.06. The minimum Gasteiger partial charge on any atom is -0.378 e. The highest BCUT2D eigenvalue weighted by atomic mass is 19.1. The van der Waals surface area contributed by atoms with Gasteiger partial charge < -0.3 is 24.4 Å². The number of imidazole rings is 1. The number of pyridine rings is 2. The number of aromatic nitrogens is 3. The van der Waals surface area contributed by atoms with Crippen molar-refractivity contribution in [1.29, 1.82) is 0 Å². The van der Waals surface area contributed by atoms with Gasteiger partial charge in [-0.2, -0.15) is 0 Å². The molecule has 3 aromatic heterocycles. The Labute approximate surface area is 214 Å². The number of morpholine rings is 1. The molecule has 0 atom stereocenters. The summed E-state index contributed by atoms with van der Waals surface area (Å²) in [6, 6.07) is 8.77. The summed E-state index contributed by atoms with van der Waals surface area (Å²) in [6.07, 6.45) is 2.83. The molecule has 0 unspecified atom stereocenters. The van der Waals surface area contributed by atoms with Gasteiger partial charge in [0.1, 0.15) is 11.2 Å². The second-order valence-electron chi connectivity index (χ2n) is 9.55. The maximum atomic E-state index is 15.1. The number of nitrogens with zero attached hydrogens (tertiary/aromatic N) is 5. The van der Waals surface area contributed by atoms with Crippen molar-refractivity contribution in [2.45, 2.75) is 19.8 Å². The number of aryl methyl sites for hydroxylation is 1. The van der Waals surface area contributed by atoms with Gasteiger partial charge >= 0.3 is 0 Å². The van der Waals surface area contributed by atoms with E-state index in [0.717, 1.165) is 11.0 Å². The summed E-state index contributed by atoms with van der Waals surface area (Å²) in [5, 5.41) is 2.78. The number of carbonyl (C=O) groups excluding carboxylic acids is 1. The van der Waals surface area contributed by atoms with Gasteiger partial charge in [0.25, 0.3) is 5.91 Å². The molecule has 0 spiro atoms. The van der Waals surface area contributed by atoms with Gasteiger partial charge in [-0.05, 0) is 58.1 Å². The number of amides is 1. The molecule has 10 heteroatoms. The maximum absolute atomic E-state index is 15.1. The second-order valence-corrected chi connectivity index (χ2v) is 9.55. The van der Waals surface area contributed by atoms with Gasteiger partial charge in [-0.25, -0.2) is 9.37 Å². The molecule has 2 saturated heterocycles. The van der Waals surface area contributed by atoms with Gasteiger partial charge in [0.2, 0.25) is 5.43 Å². The summed E-state index contributed by atoms with van der Waals surface area (Å²) in [5.74, 6) is -0.897. The zero-order valence-electron chi connectivity index (χ0n) is 21.6. The lowest BCUT2D eigenvalue weighted by atomic mass is 10.1. The standard InChI is InChI=1S/C22H22FN5O3.C5H11N/c1-3-24-21(30)17-18(29)13-12-14(23)20(27-8-10-31-11-9-27)25-19(13)28-16-7-5-4-6-15(16)26(2)22(17)28;1-6-4-2-3-5-6/h4-7,12H,3,8-11H2,1-2H3,(H,24,30);2-5H2,1H3. The molecule has 37 heavy (non-hydrogen) atoms. The van der Waals surface area contributed by atoms with E-state index in [1.54, 1.807) is 22.9 Å². The Hall–Kier alpha value is -3.50. The fourth-order valence-corrected chi connectivity index (χ4v) is 5.18. The molecule has 196 valence electrons. The lowest BCUT2D eigenvalue weighted by Crippen LogP contribution is -2.37. The molecule has 2 fully saturated rings. The second kappa shape index (κ2) is 10.5. The fourth-order valence-electron chi connectivity index (χ4n) is 5.18. The monoisotopic (exact) mass is 508 g/mol. The van der Waals surface area contributed by atoms with Gasteiger partial charge in [0.15, 0.2) is 17.3 Å². The Morgan fingerprint density at radius 3 is 2.38 bits per heavy atom. The van der Waals surface area contributed by atoms with Crippen LogP contribution in [-0.2, 0) is 11.8 Å². The van der Waals surface area contributed by atoms with Crippen LogP contribution in [0.1, 0.15) is 30.1 Å². The molecule has 9 nitrogen and oxygen atoms in total. The molecular formula is C27H33FN6O3. The first-order valence-corrected chi connectivity index (χ1v) is 12.8. The number of hydrogen-bond acceptors (Lipinski definition) is 6. The van der Waals surface area contributed by atoms with Crippen LogP contribution in [0.4, 0.5) is 10.2 Å². The molecular weight excluding hydrogens is 475 g/mol. The number of carbonyl (C=O) groups is 1. The first kappa shape index (κ1) is 25.2. The third-order valence-electron chi connectivity index (χ3n) is 7.06. The van der Waals surface area contributed by atoms with E-state index in [1.165, 1.54) is 32.0 Å². The normalized spacial score (nSPS) is 16.4. The number of fused-ring (bicyclic) bond motifs is 5. The van der Waals surface area contributed by atoms with Crippen molar-refractivity contribution >= 4 is 39.4 Å². The zero-order valence-corrected chi connectivity index (χ0v) is 21.6. The largest absolute Gasteiger partial charge is 0.378 e. The van der Waals surface area contributed by atoms with Crippen LogP contribution in [0.3, 0.4) is 0 Å². The molecule has 1 N–H and O–H groups in total. The summed E-state index contributed by atoms with van der Waals surface area (Å²) in [6.45, 7) is 6.79. The zero-order chi connectivity index (χ0) is 26.1. The summed E-state index contributed by atoms with van der Waals surface area (Å²) in [4.78, 5) is 35.1. The summed E-state index contributed by atoms with van der Waals surface area (Å²) in [5.41, 5.74) is 1.81. The summed E-state index contributed by atoms with van der Waals surface area (Å²) < 4.78 is 24.0. The van der Waals surface area contributed by atoms with E-state index in [-0.39, 0.29) is 16.8 Å². The molecule has 0 aliphatic carbocycles. The lowest BCUT2D eigenvalue weighted by molar-refractivity contribution is 0.0956. The molecule has 6 rings (SSSR count). The van der Waals surface area contributed by atoms with Crippen LogP contribution in [-0.4, -0.2) is 77.7 Å². The number of halogens is 1. The molecule has 1 amide bonds. The highest BCUT2D eigenvalue weighted by Gasteiger charge is 2.26. The maximum Gasteiger partial charge on any atom is 0.259 e. The van der Waals surface area contributed by atoms with Crippen molar-refractivity contribution in [1.82, 2.24) is 24.2 Å². The molecule has 0 bridgehead atoms. The number of para-hydroxylation sites is 2. The molecule has 2 aliphatic heterocycles. The van der Waals surface area contributed by atoms with Crippen molar-refractivity contribution < 1.29 is 13.9 Å². The Balaban J connectivity index is 0.000000412. The van der Waals surface area contributed by atoms with E-state index >= 15 is 4.39 Å². The number of anilines is 1. The van der Waals surface area contributed by atoms with Crippen LogP contribution in [0, 0.1) is 5.82 Å². The average Bonchev–Trinajstić information content (AvgIpc) is 3.50. The SMILES string of the molecule is CCNC(=O)c1c(=O)c2cc(F)c(N3CCOCC3)nc2n2c3ccccc3n(C)c12.CN1CCCC1. The predicted octanol–water partition coefficient (Wildman–Crippen LogP) is 2.78. The van der Waals surface area contributed by atoms with Crippen molar-refractivity contribution in [2.75, 3.05) is 57.9 Å². The highest BCUT2D eigenvalue weighted by molar-refractivity contribution is 6.05. The van der Waals surface area contributed by atoms with E-state index in [0.29, 0.717) is 44.1 Å². The number of ether oxygens (including phenoxy) is 1. The van der Waals surface area contributed by atoms with Crippen molar-refractivity contribution in [2.24, 2.45) is 7.05 Å². The van der Waals surface area contributed by atoms with Crippen molar-refractivity contribution in [3.63, 3.8) is 0 Å². The predicted molar refractivity (Wildman–Crippen MR) is 143 cm³/mol. The molecule has 0 saturated carbocycles. The minimum absolute atomic E-state index is 0.0200. The van der Waals surface area contributed by atoms with Crippen LogP contribution < -0.4 is 15.6 Å². The smallest absolute Gasteiger partial charge is 0.259 e. The van der Waals surface area contributed by atoms with E-state index in [9.17, 15) is 9.59 Å². The number of hydrogen-bond donors (Lipinski definition) is 1. The Kier molecular flexibility index (Phi) is 7.12. The highest BCUT2D eigenvalue weighted by Crippen LogP contribution is 2.28. The van der Waals surface area contributed by atoms with Crippen LogP contribution in [0.5, 0.6) is 0 Å². The number of nitrogens with one attached hydrogen (secondary N) is 1. The number of likely N-dealkylation sites (tertiary alicyclic amines) is 1.